The van der Waals surface area contributed by atoms with Crippen molar-refractivity contribution in [1.29, 1.82) is 0 Å². The standard InChI is InChI=1S/C21H22O9/c1-9-5-11(28-21-19(25)18(24)17(23)15(8-22)30-21)7-14-16(9)12-4-3-10(27-2)6-13(12)20(26)29-14/h3-7,15,17-19,21-25H,8H2,1-2H3/t15-,17-,18+,19-,21-/m1/s1. The fourth-order valence-electron chi connectivity index (χ4n) is 3.71. The molecule has 2 heterocycles. The highest BCUT2D eigenvalue weighted by molar-refractivity contribution is 6.06. The number of aryl methyl sites for hydroxylation is 1. The molecule has 3 aromatic rings. The molecule has 0 amide bonds. The van der Waals surface area contributed by atoms with Crippen LogP contribution in [0.4, 0.5) is 0 Å². The number of hydrogen-bond donors (Lipinski definition) is 4. The molecular formula is C21H22O9. The van der Waals surface area contributed by atoms with Crippen molar-refractivity contribution in [3.05, 3.63) is 46.3 Å². The summed E-state index contributed by atoms with van der Waals surface area (Å²) >= 11 is 0. The number of benzene rings is 2. The molecular weight excluding hydrogens is 396 g/mol. The zero-order valence-electron chi connectivity index (χ0n) is 16.3. The molecule has 1 aromatic heterocycles. The minimum atomic E-state index is -1.56. The Kier molecular flexibility index (Phi) is 5.39. The maximum Gasteiger partial charge on any atom is 0.344 e. The number of hydrogen-bond acceptors (Lipinski definition) is 9. The summed E-state index contributed by atoms with van der Waals surface area (Å²) in [6.45, 7) is 1.25. The largest absolute Gasteiger partial charge is 0.497 e. The number of aliphatic hydroxyl groups is 4. The van der Waals surface area contributed by atoms with E-state index in [4.69, 9.17) is 18.6 Å². The Labute approximate surface area is 170 Å². The summed E-state index contributed by atoms with van der Waals surface area (Å²) < 4.78 is 21.7. The summed E-state index contributed by atoms with van der Waals surface area (Å²) in [5.41, 5.74) is 0.476. The average molecular weight is 418 g/mol. The van der Waals surface area contributed by atoms with Crippen molar-refractivity contribution in [3.63, 3.8) is 0 Å². The van der Waals surface area contributed by atoms with Gasteiger partial charge in [0.1, 0.15) is 41.5 Å². The average Bonchev–Trinajstić information content (AvgIpc) is 2.73. The van der Waals surface area contributed by atoms with E-state index >= 15 is 0 Å². The lowest BCUT2D eigenvalue weighted by Gasteiger charge is -2.39. The quantitative estimate of drug-likeness (QED) is 0.351. The van der Waals surface area contributed by atoms with Crippen molar-refractivity contribution in [1.82, 2.24) is 0 Å². The molecule has 0 saturated carbocycles. The van der Waals surface area contributed by atoms with Crippen LogP contribution in [0.15, 0.2) is 39.5 Å². The van der Waals surface area contributed by atoms with Crippen LogP contribution in [0.3, 0.4) is 0 Å². The molecule has 0 aliphatic carbocycles. The monoisotopic (exact) mass is 418 g/mol. The minimum Gasteiger partial charge on any atom is -0.497 e. The smallest absolute Gasteiger partial charge is 0.344 e. The third kappa shape index (κ3) is 3.40. The highest BCUT2D eigenvalue weighted by atomic mass is 16.7. The molecule has 4 N–H and O–H groups in total. The molecule has 5 atom stereocenters. The van der Waals surface area contributed by atoms with Gasteiger partial charge in [-0.25, -0.2) is 4.79 Å². The van der Waals surface area contributed by atoms with E-state index in [-0.39, 0.29) is 11.3 Å². The van der Waals surface area contributed by atoms with Crippen LogP contribution in [0.1, 0.15) is 5.56 Å². The second-order valence-electron chi connectivity index (χ2n) is 7.23. The van der Waals surface area contributed by atoms with Gasteiger partial charge in [-0.15, -0.1) is 0 Å². The van der Waals surface area contributed by atoms with Crippen LogP contribution >= 0.6 is 0 Å². The Morgan fingerprint density at radius 2 is 1.77 bits per heavy atom. The van der Waals surface area contributed by atoms with Gasteiger partial charge in [0.05, 0.1) is 19.1 Å². The fourth-order valence-corrected chi connectivity index (χ4v) is 3.71. The maximum atomic E-state index is 12.5. The first-order valence-corrected chi connectivity index (χ1v) is 9.36. The SMILES string of the molecule is COc1ccc2c(c1)c(=O)oc1cc(O[C@@H]3O[C@H](CO)[C@@H](O)[C@H](O)[C@H]3O)cc(C)c12. The van der Waals surface area contributed by atoms with Crippen molar-refractivity contribution in [2.75, 3.05) is 13.7 Å². The van der Waals surface area contributed by atoms with E-state index in [0.717, 1.165) is 5.56 Å². The van der Waals surface area contributed by atoms with E-state index in [0.29, 0.717) is 21.9 Å². The molecule has 9 heteroatoms. The van der Waals surface area contributed by atoms with Gasteiger partial charge in [0, 0.05) is 16.8 Å². The summed E-state index contributed by atoms with van der Waals surface area (Å²) in [5, 5.41) is 41.1. The van der Waals surface area contributed by atoms with Gasteiger partial charge in [0.2, 0.25) is 6.29 Å². The molecule has 0 radical (unpaired) electrons. The highest BCUT2D eigenvalue weighted by Gasteiger charge is 2.44. The van der Waals surface area contributed by atoms with E-state index in [1.807, 2.05) is 6.92 Å². The van der Waals surface area contributed by atoms with Crippen LogP contribution < -0.4 is 15.1 Å². The van der Waals surface area contributed by atoms with Gasteiger partial charge in [-0.05, 0) is 36.8 Å². The van der Waals surface area contributed by atoms with Crippen molar-refractivity contribution in [2.45, 2.75) is 37.6 Å². The summed E-state index contributed by atoms with van der Waals surface area (Å²) in [7, 11) is 1.51. The molecule has 1 aliphatic heterocycles. The number of aliphatic hydroxyl groups excluding tert-OH is 4. The van der Waals surface area contributed by atoms with Crippen molar-refractivity contribution in [3.8, 4) is 11.5 Å². The highest BCUT2D eigenvalue weighted by Crippen LogP contribution is 2.33. The predicted octanol–water partition coefficient (Wildman–Crippen LogP) is 0.442. The van der Waals surface area contributed by atoms with Gasteiger partial charge >= 0.3 is 5.63 Å². The lowest BCUT2D eigenvalue weighted by molar-refractivity contribution is -0.277. The van der Waals surface area contributed by atoms with Crippen LogP contribution in [-0.2, 0) is 4.74 Å². The molecule has 1 aliphatic rings. The molecule has 0 unspecified atom stereocenters. The van der Waals surface area contributed by atoms with Gasteiger partial charge in [0.15, 0.2) is 0 Å². The summed E-state index contributed by atoms with van der Waals surface area (Å²) in [6.07, 6.45) is -7.01. The Morgan fingerprint density at radius 1 is 1.00 bits per heavy atom. The Bertz CT molecular complexity index is 1140. The topological polar surface area (TPSA) is 139 Å². The number of methoxy groups -OCH3 is 1. The van der Waals surface area contributed by atoms with Crippen molar-refractivity contribution in [2.24, 2.45) is 0 Å². The molecule has 0 bridgehead atoms. The molecule has 4 rings (SSSR count). The lowest BCUT2D eigenvalue weighted by atomic mass is 9.99. The summed E-state index contributed by atoms with van der Waals surface area (Å²) in [4.78, 5) is 12.5. The number of ether oxygens (including phenoxy) is 3. The molecule has 1 saturated heterocycles. The van der Waals surface area contributed by atoms with E-state index in [9.17, 15) is 25.2 Å². The van der Waals surface area contributed by atoms with Gasteiger partial charge < -0.3 is 39.1 Å². The van der Waals surface area contributed by atoms with Gasteiger partial charge in [-0.3, -0.25) is 0 Å². The maximum absolute atomic E-state index is 12.5. The second kappa shape index (κ2) is 7.86. The van der Waals surface area contributed by atoms with Gasteiger partial charge in [-0.1, -0.05) is 0 Å². The molecule has 1 fully saturated rings. The second-order valence-corrected chi connectivity index (χ2v) is 7.23. The van der Waals surface area contributed by atoms with Crippen LogP contribution in [0.25, 0.3) is 21.7 Å². The van der Waals surface area contributed by atoms with E-state index in [1.54, 1.807) is 24.3 Å². The van der Waals surface area contributed by atoms with E-state index in [2.05, 4.69) is 0 Å². The van der Waals surface area contributed by atoms with Gasteiger partial charge in [-0.2, -0.15) is 0 Å². The van der Waals surface area contributed by atoms with Crippen molar-refractivity contribution >= 4 is 21.7 Å². The fraction of sp³-hybridized carbons (Fsp3) is 0.381. The lowest BCUT2D eigenvalue weighted by Crippen LogP contribution is -2.60. The molecule has 2 aromatic carbocycles. The molecule has 30 heavy (non-hydrogen) atoms. The normalized spacial score (nSPS) is 26.8. The first kappa shape index (κ1) is 20.6. The predicted molar refractivity (Wildman–Crippen MR) is 106 cm³/mol. The third-order valence-corrected chi connectivity index (χ3v) is 5.29. The zero-order valence-corrected chi connectivity index (χ0v) is 16.3. The Morgan fingerprint density at radius 3 is 2.47 bits per heavy atom. The third-order valence-electron chi connectivity index (χ3n) is 5.29. The van der Waals surface area contributed by atoms with E-state index < -0.39 is 42.9 Å². The van der Waals surface area contributed by atoms with Crippen LogP contribution in [0.2, 0.25) is 0 Å². The van der Waals surface area contributed by atoms with Crippen LogP contribution in [-0.4, -0.2) is 64.8 Å². The molecule has 0 spiro atoms. The minimum absolute atomic E-state index is 0.223. The first-order chi connectivity index (χ1) is 14.3. The zero-order chi connectivity index (χ0) is 21.6. The van der Waals surface area contributed by atoms with Crippen molar-refractivity contribution < 1.29 is 39.1 Å². The van der Waals surface area contributed by atoms with Crippen LogP contribution in [0, 0.1) is 6.92 Å². The first-order valence-electron chi connectivity index (χ1n) is 9.36. The van der Waals surface area contributed by atoms with E-state index in [1.165, 1.54) is 13.2 Å². The van der Waals surface area contributed by atoms with Crippen LogP contribution in [0.5, 0.6) is 11.5 Å². The molecule has 160 valence electrons. The molecule has 9 nitrogen and oxygen atoms in total. The number of rotatable bonds is 4. The van der Waals surface area contributed by atoms with Gasteiger partial charge in [0.25, 0.3) is 0 Å². The Hall–Kier alpha value is -2.69. The summed E-state index contributed by atoms with van der Waals surface area (Å²) in [6, 6.07) is 8.29. The summed E-state index contributed by atoms with van der Waals surface area (Å²) in [5.74, 6) is 0.759. The number of fused-ring (bicyclic) bond motifs is 3. The Balaban J connectivity index is 1.75.